The molecular formula is C13H19F3N2O4. The molecule has 0 unspecified atom stereocenters. The van der Waals surface area contributed by atoms with E-state index in [1.54, 1.807) is 0 Å². The number of carboxylic acid groups (broad SMARTS) is 1. The van der Waals surface area contributed by atoms with Gasteiger partial charge in [-0.05, 0) is 12.8 Å². The summed E-state index contributed by atoms with van der Waals surface area (Å²) in [4.78, 5) is 24.0. The maximum absolute atomic E-state index is 12.9. The van der Waals surface area contributed by atoms with E-state index in [4.69, 9.17) is 9.84 Å². The van der Waals surface area contributed by atoms with Crippen molar-refractivity contribution in [2.24, 2.45) is 11.8 Å². The first-order valence-electron chi connectivity index (χ1n) is 7.20. The van der Waals surface area contributed by atoms with Crippen molar-refractivity contribution < 1.29 is 32.6 Å². The number of likely N-dealkylation sites (tertiary alicyclic amines) is 1. The second-order valence-corrected chi connectivity index (χ2v) is 5.66. The van der Waals surface area contributed by atoms with Gasteiger partial charge in [-0.25, -0.2) is 4.79 Å². The van der Waals surface area contributed by atoms with Crippen LogP contribution in [0.15, 0.2) is 0 Å². The zero-order valence-corrected chi connectivity index (χ0v) is 12.1. The first-order chi connectivity index (χ1) is 10.2. The van der Waals surface area contributed by atoms with Gasteiger partial charge in [-0.15, -0.1) is 0 Å². The molecule has 0 saturated carbocycles. The highest BCUT2D eigenvalue weighted by Gasteiger charge is 2.53. The highest BCUT2D eigenvalue weighted by Crippen LogP contribution is 2.37. The molecule has 0 aromatic rings. The number of hydrogen-bond acceptors (Lipinski definition) is 3. The number of carbonyl (C=O) groups excluding carboxylic acids is 1. The minimum Gasteiger partial charge on any atom is -0.481 e. The average molecular weight is 324 g/mol. The summed E-state index contributed by atoms with van der Waals surface area (Å²) >= 11 is 0. The molecule has 2 heterocycles. The summed E-state index contributed by atoms with van der Waals surface area (Å²) in [6, 6.07) is -0.905. The number of nitrogens with one attached hydrogen (secondary N) is 1. The molecule has 0 aromatic carbocycles. The summed E-state index contributed by atoms with van der Waals surface area (Å²) < 4.78 is 44.1. The van der Waals surface area contributed by atoms with Crippen molar-refractivity contribution in [2.75, 3.05) is 19.7 Å². The second kappa shape index (κ2) is 6.31. The maximum atomic E-state index is 12.9. The lowest BCUT2D eigenvalue weighted by atomic mass is 9.96. The van der Waals surface area contributed by atoms with E-state index in [0.717, 1.165) is 4.90 Å². The normalized spacial score (nSPS) is 32.3. The Labute approximate surface area is 125 Å². The number of urea groups is 1. The predicted molar refractivity (Wildman–Crippen MR) is 69.2 cm³/mol. The van der Waals surface area contributed by atoms with Gasteiger partial charge in [0.2, 0.25) is 0 Å². The van der Waals surface area contributed by atoms with E-state index in [2.05, 4.69) is 5.32 Å². The van der Waals surface area contributed by atoms with E-state index in [-0.39, 0.29) is 12.1 Å². The number of alkyl halides is 3. The maximum Gasteiger partial charge on any atom is 0.394 e. The minimum atomic E-state index is -4.64. The molecular weight excluding hydrogens is 305 g/mol. The fraction of sp³-hybridized carbons (Fsp3) is 0.846. The summed E-state index contributed by atoms with van der Waals surface area (Å²) in [6.45, 7) is 1.32. The molecule has 0 bridgehead atoms. The third-order valence-electron chi connectivity index (χ3n) is 4.27. The fourth-order valence-electron chi connectivity index (χ4n) is 3.02. The van der Waals surface area contributed by atoms with Crippen LogP contribution in [0.4, 0.5) is 18.0 Å². The molecule has 2 fully saturated rings. The van der Waals surface area contributed by atoms with E-state index >= 15 is 0 Å². The van der Waals surface area contributed by atoms with E-state index in [1.165, 1.54) is 0 Å². The molecule has 2 amide bonds. The molecule has 0 spiro atoms. The Bertz CT molecular complexity index is 443. The zero-order chi connectivity index (χ0) is 16.5. The van der Waals surface area contributed by atoms with Crippen molar-refractivity contribution in [3.8, 4) is 0 Å². The monoisotopic (exact) mass is 324 g/mol. The van der Waals surface area contributed by atoms with Crippen molar-refractivity contribution in [3.63, 3.8) is 0 Å². The smallest absolute Gasteiger partial charge is 0.394 e. The molecule has 126 valence electrons. The predicted octanol–water partition coefficient (Wildman–Crippen LogP) is 1.46. The van der Waals surface area contributed by atoms with E-state index in [1.807, 2.05) is 6.92 Å². The molecule has 2 aliphatic rings. The Morgan fingerprint density at radius 3 is 2.55 bits per heavy atom. The molecule has 2 rings (SSSR count). The van der Waals surface area contributed by atoms with Gasteiger partial charge in [0.05, 0.1) is 24.0 Å². The molecule has 0 radical (unpaired) electrons. The molecule has 2 saturated heterocycles. The van der Waals surface area contributed by atoms with E-state index in [0.29, 0.717) is 19.4 Å². The molecule has 6 nitrogen and oxygen atoms in total. The van der Waals surface area contributed by atoms with Crippen LogP contribution in [0, 0.1) is 11.8 Å². The van der Waals surface area contributed by atoms with Crippen LogP contribution in [-0.4, -0.2) is 60.0 Å². The molecule has 0 aliphatic carbocycles. The number of ether oxygens (including phenoxy) is 1. The molecule has 2 N–H and O–H groups in total. The van der Waals surface area contributed by atoms with Gasteiger partial charge in [0, 0.05) is 19.7 Å². The van der Waals surface area contributed by atoms with Crippen molar-refractivity contribution in [2.45, 2.75) is 38.1 Å². The lowest BCUT2D eigenvalue weighted by Gasteiger charge is -2.23. The third-order valence-corrected chi connectivity index (χ3v) is 4.27. The molecule has 0 aromatic heterocycles. The van der Waals surface area contributed by atoms with Crippen LogP contribution in [0.2, 0.25) is 0 Å². The number of carbonyl (C=O) groups is 2. The van der Waals surface area contributed by atoms with Gasteiger partial charge in [-0.2, -0.15) is 13.2 Å². The van der Waals surface area contributed by atoms with Crippen molar-refractivity contribution >= 4 is 12.0 Å². The van der Waals surface area contributed by atoms with Crippen LogP contribution in [0.3, 0.4) is 0 Å². The lowest BCUT2D eigenvalue weighted by Crippen LogP contribution is -2.47. The average Bonchev–Trinajstić information content (AvgIpc) is 3.03. The Hall–Kier alpha value is -1.51. The van der Waals surface area contributed by atoms with Crippen LogP contribution in [0.1, 0.15) is 19.8 Å². The quantitative estimate of drug-likeness (QED) is 0.824. The molecule has 4 atom stereocenters. The van der Waals surface area contributed by atoms with Crippen molar-refractivity contribution in [3.05, 3.63) is 0 Å². The number of hydrogen-bond donors (Lipinski definition) is 2. The number of nitrogens with zero attached hydrogens (tertiary/aromatic N) is 1. The Kier molecular flexibility index (Phi) is 4.84. The zero-order valence-electron chi connectivity index (χ0n) is 12.1. The van der Waals surface area contributed by atoms with Crippen LogP contribution < -0.4 is 5.32 Å². The molecule has 22 heavy (non-hydrogen) atoms. The van der Waals surface area contributed by atoms with E-state index < -0.39 is 43.1 Å². The molecule has 9 heteroatoms. The van der Waals surface area contributed by atoms with Crippen LogP contribution >= 0.6 is 0 Å². The highest BCUT2D eigenvalue weighted by molar-refractivity contribution is 5.78. The number of carboxylic acids is 1. The van der Waals surface area contributed by atoms with Crippen LogP contribution in [0.5, 0.6) is 0 Å². The van der Waals surface area contributed by atoms with E-state index in [9.17, 15) is 22.8 Å². The minimum absolute atomic E-state index is 0.153. The van der Waals surface area contributed by atoms with Crippen LogP contribution in [0.25, 0.3) is 0 Å². The van der Waals surface area contributed by atoms with Gasteiger partial charge in [0.1, 0.15) is 0 Å². The molecule has 2 aliphatic heterocycles. The summed E-state index contributed by atoms with van der Waals surface area (Å²) in [5.41, 5.74) is 0. The van der Waals surface area contributed by atoms with Crippen molar-refractivity contribution in [1.82, 2.24) is 10.2 Å². The number of aliphatic carboxylic acids is 1. The number of amides is 2. The van der Waals surface area contributed by atoms with Gasteiger partial charge in [0.15, 0.2) is 0 Å². The summed E-state index contributed by atoms with van der Waals surface area (Å²) in [6.07, 6.45) is -3.50. The fourth-order valence-corrected chi connectivity index (χ4v) is 3.02. The number of halogens is 3. The van der Waals surface area contributed by atoms with Gasteiger partial charge < -0.3 is 20.1 Å². The largest absolute Gasteiger partial charge is 0.481 e. The second-order valence-electron chi connectivity index (χ2n) is 5.66. The number of rotatable bonds is 3. The highest BCUT2D eigenvalue weighted by atomic mass is 19.4. The Balaban J connectivity index is 2.01. The summed E-state index contributed by atoms with van der Waals surface area (Å²) in [5.74, 6) is -5.18. The van der Waals surface area contributed by atoms with Gasteiger partial charge in [-0.3, -0.25) is 4.79 Å². The topological polar surface area (TPSA) is 78.9 Å². The Morgan fingerprint density at radius 2 is 2.05 bits per heavy atom. The first kappa shape index (κ1) is 16.9. The third kappa shape index (κ3) is 3.45. The standard InChI is InChI=1S/C13H19F3N2O4/c1-2-10-9(3-4-22-10)17-12(21)18-5-7(11(19)20)8(6-18)13(14,15)16/h7-10H,2-6H2,1H3,(H,17,21)(H,19,20)/t7-,8-,9-,10+/m1/s1. The van der Waals surface area contributed by atoms with Crippen molar-refractivity contribution in [1.29, 1.82) is 0 Å². The first-order valence-corrected chi connectivity index (χ1v) is 7.20. The van der Waals surface area contributed by atoms with Gasteiger partial charge >= 0.3 is 18.2 Å². The Morgan fingerprint density at radius 1 is 1.36 bits per heavy atom. The SMILES string of the molecule is CC[C@@H]1OCC[C@H]1NC(=O)N1C[C@@H](C(F)(F)F)[C@H](C(=O)O)C1. The summed E-state index contributed by atoms with van der Waals surface area (Å²) in [7, 11) is 0. The van der Waals surface area contributed by atoms with Crippen LogP contribution in [-0.2, 0) is 9.53 Å². The summed E-state index contributed by atoms with van der Waals surface area (Å²) in [5, 5.41) is 11.6. The van der Waals surface area contributed by atoms with Gasteiger partial charge in [-0.1, -0.05) is 6.92 Å². The van der Waals surface area contributed by atoms with Gasteiger partial charge in [0.25, 0.3) is 0 Å². The lowest BCUT2D eigenvalue weighted by molar-refractivity contribution is -0.187.